The summed E-state index contributed by atoms with van der Waals surface area (Å²) >= 11 is 3.43. The van der Waals surface area contributed by atoms with Crippen LogP contribution in [-0.2, 0) is 14.9 Å². The van der Waals surface area contributed by atoms with E-state index >= 15 is 0 Å². The normalized spacial score (nSPS) is 15.9. The van der Waals surface area contributed by atoms with Gasteiger partial charge in [0.15, 0.2) is 5.82 Å². The Morgan fingerprint density at radius 1 is 1.18 bits per heavy atom. The monoisotopic (exact) mass is 444 g/mol. The van der Waals surface area contributed by atoms with E-state index in [9.17, 15) is 9.18 Å². The summed E-state index contributed by atoms with van der Waals surface area (Å²) in [6.07, 6.45) is 3.89. The molecule has 4 rings (SSSR count). The first-order valence-corrected chi connectivity index (χ1v) is 9.68. The second kappa shape index (κ2) is 7.81. The average molecular weight is 445 g/mol. The van der Waals surface area contributed by atoms with E-state index in [1.54, 1.807) is 12.1 Å². The summed E-state index contributed by atoms with van der Waals surface area (Å²) < 4.78 is 22.3. The lowest BCUT2D eigenvalue weighted by Crippen LogP contribution is -2.44. The van der Waals surface area contributed by atoms with Crippen molar-refractivity contribution in [2.75, 3.05) is 18.5 Å². The van der Waals surface area contributed by atoms with Crippen molar-refractivity contribution in [3.05, 3.63) is 71.0 Å². The number of hydrogen-bond acceptors (Lipinski definition) is 4. The molecule has 1 amide bonds. The predicted molar refractivity (Wildman–Crippen MR) is 106 cm³/mol. The summed E-state index contributed by atoms with van der Waals surface area (Å²) in [7, 11) is 0. The van der Waals surface area contributed by atoms with E-state index in [2.05, 4.69) is 31.3 Å². The standard InChI is InChI=1S/C20H18BrFN4O2/c21-15-3-1-14(2-4-15)20(7-9-28-10-8-20)19(27)25-16-5-6-18(17(22)11-16)26-13-23-12-24-26/h1-6,11-13H,7-10H2,(H,25,27). The van der Waals surface area contributed by atoms with Gasteiger partial charge in [0.05, 0.1) is 5.41 Å². The highest BCUT2D eigenvalue weighted by Gasteiger charge is 2.41. The number of halogens is 2. The summed E-state index contributed by atoms with van der Waals surface area (Å²) in [6.45, 7) is 1.01. The number of carbonyl (C=O) groups excluding carboxylic acids is 1. The number of amides is 1. The van der Waals surface area contributed by atoms with Crippen molar-refractivity contribution in [2.45, 2.75) is 18.3 Å². The van der Waals surface area contributed by atoms with Gasteiger partial charge in [0.25, 0.3) is 0 Å². The molecule has 1 fully saturated rings. The number of hydrogen-bond donors (Lipinski definition) is 1. The van der Waals surface area contributed by atoms with Crippen LogP contribution in [0.1, 0.15) is 18.4 Å². The number of nitrogens with zero attached hydrogens (tertiary/aromatic N) is 3. The molecule has 28 heavy (non-hydrogen) atoms. The molecule has 6 nitrogen and oxygen atoms in total. The Morgan fingerprint density at radius 3 is 2.57 bits per heavy atom. The maximum Gasteiger partial charge on any atom is 0.235 e. The third-order valence-corrected chi connectivity index (χ3v) is 5.58. The molecule has 144 valence electrons. The van der Waals surface area contributed by atoms with Crippen molar-refractivity contribution in [3.8, 4) is 5.69 Å². The van der Waals surface area contributed by atoms with Gasteiger partial charge in [-0.2, -0.15) is 5.10 Å². The minimum atomic E-state index is -0.708. The SMILES string of the molecule is O=C(Nc1ccc(-n2cncn2)c(F)c1)C1(c2ccc(Br)cc2)CCOCC1. The highest BCUT2D eigenvalue weighted by atomic mass is 79.9. The predicted octanol–water partition coefficient (Wildman–Crippen LogP) is 3.86. The first-order valence-electron chi connectivity index (χ1n) is 8.88. The van der Waals surface area contributed by atoms with Crippen molar-refractivity contribution >= 4 is 27.5 Å². The van der Waals surface area contributed by atoms with E-state index in [4.69, 9.17) is 4.74 Å². The molecule has 0 saturated carbocycles. The lowest BCUT2D eigenvalue weighted by molar-refractivity contribution is -0.125. The van der Waals surface area contributed by atoms with E-state index in [0.29, 0.717) is 31.7 Å². The molecule has 2 heterocycles. The molecule has 1 N–H and O–H groups in total. The van der Waals surface area contributed by atoms with Crippen LogP contribution < -0.4 is 5.32 Å². The minimum absolute atomic E-state index is 0.161. The van der Waals surface area contributed by atoms with Crippen LogP contribution in [0.2, 0.25) is 0 Å². The molecule has 0 unspecified atom stereocenters. The van der Waals surface area contributed by atoms with Gasteiger partial charge in [-0.25, -0.2) is 14.1 Å². The fourth-order valence-corrected chi connectivity index (χ4v) is 3.75. The molecule has 0 bridgehead atoms. The Hall–Kier alpha value is -2.58. The summed E-state index contributed by atoms with van der Waals surface area (Å²) in [4.78, 5) is 17.1. The van der Waals surface area contributed by atoms with Gasteiger partial charge < -0.3 is 10.1 Å². The summed E-state index contributed by atoms with van der Waals surface area (Å²) in [5, 5.41) is 6.82. The van der Waals surface area contributed by atoms with Gasteiger partial charge in [-0.3, -0.25) is 4.79 Å². The number of ether oxygens (including phenoxy) is 1. The van der Waals surface area contributed by atoms with Gasteiger partial charge in [-0.1, -0.05) is 28.1 Å². The first kappa shape index (κ1) is 18.8. The van der Waals surface area contributed by atoms with Crippen LogP contribution in [0.25, 0.3) is 5.69 Å². The van der Waals surface area contributed by atoms with Crippen LogP contribution in [0.5, 0.6) is 0 Å². The molecule has 0 spiro atoms. The number of rotatable bonds is 4. The van der Waals surface area contributed by atoms with Gasteiger partial charge in [0.1, 0.15) is 18.3 Å². The first-order chi connectivity index (χ1) is 13.6. The number of carbonyl (C=O) groups is 1. The van der Waals surface area contributed by atoms with E-state index in [1.807, 2.05) is 24.3 Å². The molecule has 1 aliphatic heterocycles. The molecular formula is C20H18BrFN4O2. The Morgan fingerprint density at radius 2 is 1.93 bits per heavy atom. The smallest absolute Gasteiger partial charge is 0.235 e. The molecule has 1 aliphatic rings. The van der Waals surface area contributed by atoms with Gasteiger partial charge >= 0.3 is 0 Å². The third kappa shape index (κ3) is 3.57. The Labute approximate surface area is 169 Å². The molecule has 0 atom stereocenters. The van der Waals surface area contributed by atoms with Crippen LogP contribution in [0, 0.1) is 5.82 Å². The highest BCUT2D eigenvalue weighted by molar-refractivity contribution is 9.10. The quantitative estimate of drug-likeness (QED) is 0.663. The average Bonchev–Trinajstić information content (AvgIpc) is 3.23. The molecular weight excluding hydrogens is 427 g/mol. The largest absolute Gasteiger partial charge is 0.381 e. The maximum absolute atomic E-state index is 14.5. The lowest BCUT2D eigenvalue weighted by atomic mass is 9.73. The van der Waals surface area contributed by atoms with E-state index in [-0.39, 0.29) is 11.6 Å². The molecule has 1 aromatic heterocycles. The zero-order chi connectivity index (χ0) is 19.6. The van der Waals surface area contributed by atoms with Gasteiger partial charge in [0, 0.05) is 23.4 Å². The van der Waals surface area contributed by atoms with Gasteiger partial charge in [0.2, 0.25) is 5.91 Å². The van der Waals surface area contributed by atoms with Crippen molar-refractivity contribution in [1.82, 2.24) is 14.8 Å². The second-order valence-electron chi connectivity index (χ2n) is 6.66. The van der Waals surface area contributed by atoms with Crippen molar-refractivity contribution in [2.24, 2.45) is 0 Å². The van der Waals surface area contributed by atoms with Crippen LogP contribution in [0.3, 0.4) is 0 Å². The second-order valence-corrected chi connectivity index (χ2v) is 7.58. The van der Waals surface area contributed by atoms with Crippen LogP contribution in [0.15, 0.2) is 59.6 Å². The Kier molecular flexibility index (Phi) is 5.23. The molecule has 0 radical (unpaired) electrons. The molecule has 0 aliphatic carbocycles. The van der Waals surface area contributed by atoms with Crippen molar-refractivity contribution in [1.29, 1.82) is 0 Å². The summed E-state index contributed by atoms with van der Waals surface area (Å²) in [5.74, 6) is -0.654. The number of anilines is 1. The van der Waals surface area contributed by atoms with Crippen molar-refractivity contribution < 1.29 is 13.9 Å². The van der Waals surface area contributed by atoms with Crippen molar-refractivity contribution in [3.63, 3.8) is 0 Å². The van der Waals surface area contributed by atoms with E-state index in [0.717, 1.165) is 10.0 Å². The minimum Gasteiger partial charge on any atom is -0.381 e. The summed E-state index contributed by atoms with van der Waals surface area (Å²) in [6, 6.07) is 12.3. The van der Waals surface area contributed by atoms with Crippen LogP contribution in [0.4, 0.5) is 10.1 Å². The lowest BCUT2D eigenvalue weighted by Gasteiger charge is -2.36. The number of nitrogens with one attached hydrogen (secondary N) is 1. The summed E-state index contributed by atoms with van der Waals surface area (Å²) in [5.41, 5.74) is 0.884. The van der Waals surface area contributed by atoms with Crippen LogP contribution in [-0.4, -0.2) is 33.9 Å². The van der Waals surface area contributed by atoms with Gasteiger partial charge in [-0.15, -0.1) is 0 Å². The van der Waals surface area contributed by atoms with E-state index < -0.39 is 11.2 Å². The zero-order valence-electron chi connectivity index (χ0n) is 14.9. The molecule has 1 saturated heterocycles. The Balaban J connectivity index is 1.61. The van der Waals surface area contributed by atoms with Crippen LogP contribution >= 0.6 is 15.9 Å². The highest BCUT2D eigenvalue weighted by Crippen LogP contribution is 2.37. The number of benzene rings is 2. The third-order valence-electron chi connectivity index (χ3n) is 5.05. The Bertz CT molecular complexity index is 970. The van der Waals surface area contributed by atoms with Gasteiger partial charge in [-0.05, 0) is 48.7 Å². The molecule has 8 heteroatoms. The molecule has 3 aromatic rings. The van der Waals surface area contributed by atoms with E-state index in [1.165, 1.54) is 23.4 Å². The number of aromatic nitrogens is 3. The fourth-order valence-electron chi connectivity index (χ4n) is 3.49. The molecule has 2 aromatic carbocycles. The topological polar surface area (TPSA) is 69.0 Å². The zero-order valence-corrected chi connectivity index (χ0v) is 16.5. The fraction of sp³-hybridized carbons (Fsp3) is 0.250. The maximum atomic E-state index is 14.5.